The zero-order chi connectivity index (χ0) is 16.5. The van der Waals surface area contributed by atoms with Gasteiger partial charge in [-0.15, -0.1) is 0 Å². The van der Waals surface area contributed by atoms with Gasteiger partial charge in [-0.25, -0.2) is 4.98 Å². The average molecular weight is 339 g/mol. The SMILES string of the molecule is CCCNC(=O)C(CN1CCOCC1)(OC)Sc1ccccn1. The molecule has 128 valence electrons. The lowest BCUT2D eigenvalue weighted by Crippen LogP contribution is -2.55. The van der Waals surface area contributed by atoms with E-state index in [2.05, 4.69) is 15.2 Å². The fourth-order valence-electron chi connectivity index (χ4n) is 2.35. The summed E-state index contributed by atoms with van der Waals surface area (Å²) in [4.78, 5) is 18.3. The molecule has 1 aliphatic rings. The fraction of sp³-hybridized carbons (Fsp3) is 0.625. The van der Waals surface area contributed by atoms with Gasteiger partial charge in [0.25, 0.3) is 5.91 Å². The highest BCUT2D eigenvalue weighted by atomic mass is 32.2. The second-order valence-corrected chi connectivity index (χ2v) is 6.65. The molecular formula is C16H25N3O3S. The molecule has 0 saturated carbocycles. The number of aromatic nitrogens is 1. The molecular weight excluding hydrogens is 314 g/mol. The van der Waals surface area contributed by atoms with Gasteiger partial charge in [0.15, 0.2) is 0 Å². The van der Waals surface area contributed by atoms with Crippen LogP contribution in [0.4, 0.5) is 0 Å². The molecule has 1 aliphatic heterocycles. The van der Waals surface area contributed by atoms with Crippen LogP contribution < -0.4 is 5.32 Å². The lowest BCUT2D eigenvalue weighted by molar-refractivity contribution is -0.136. The van der Waals surface area contributed by atoms with Crippen molar-refractivity contribution in [2.24, 2.45) is 0 Å². The first-order valence-corrected chi connectivity index (χ1v) is 8.75. The summed E-state index contributed by atoms with van der Waals surface area (Å²) in [5, 5.41) is 3.74. The maximum Gasteiger partial charge on any atom is 0.264 e. The first kappa shape index (κ1) is 18.2. The van der Waals surface area contributed by atoms with Crippen LogP contribution in [-0.2, 0) is 14.3 Å². The third-order valence-corrected chi connectivity index (χ3v) is 4.92. The van der Waals surface area contributed by atoms with Crippen LogP contribution in [0.5, 0.6) is 0 Å². The second kappa shape index (κ2) is 9.22. The number of carbonyl (C=O) groups is 1. The maximum absolute atomic E-state index is 12.8. The average Bonchev–Trinajstić information content (AvgIpc) is 2.60. The molecule has 0 aliphatic carbocycles. The van der Waals surface area contributed by atoms with E-state index in [-0.39, 0.29) is 5.91 Å². The predicted octanol–water partition coefficient (Wildman–Crippen LogP) is 1.37. The van der Waals surface area contributed by atoms with Crippen LogP contribution in [0.15, 0.2) is 29.4 Å². The van der Waals surface area contributed by atoms with E-state index in [9.17, 15) is 4.79 Å². The summed E-state index contributed by atoms with van der Waals surface area (Å²) in [6.07, 6.45) is 2.61. The summed E-state index contributed by atoms with van der Waals surface area (Å²) in [6.45, 7) is 6.14. The van der Waals surface area contributed by atoms with Crippen molar-refractivity contribution in [3.63, 3.8) is 0 Å². The minimum atomic E-state index is -1.01. The number of carbonyl (C=O) groups excluding carboxylic acids is 1. The van der Waals surface area contributed by atoms with E-state index in [0.717, 1.165) is 24.5 Å². The van der Waals surface area contributed by atoms with E-state index >= 15 is 0 Å². The van der Waals surface area contributed by atoms with Crippen molar-refractivity contribution in [1.82, 2.24) is 15.2 Å². The molecule has 1 unspecified atom stereocenters. The van der Waals surface area contributed by atoms with Crippen molar-refractivity contribution in [1.29, 1.82) is 0 Å². The van der Waals surface area contributed by atoms with Crippen LogP contribution in [0.1, 0.15) is 13.3 Å². The summed E-state index contributed by atoms with van der Waals surface area (Å²) >= 11 is 1.36. The quantitative estimate of drug-likeness (QED) is 0.570. The predicted molar refractivity (Wildman–Crippen MR) is 90.4 cm³/mol. The fourth-order valence-corrected chi connectivity index (χ4v) is 3.45. The molecule has 1 aromatic rings. The number of nitrogens with zero attached hydrogens (tertiary/aromatic N) is 2. The van der Waals surface area contributed by atoms with Crippen LogP contribution >= 0.6 is 11.8 Å². The second-order valence-electron chi connectivity index (χ2n) is 5.37. The third-order valence-electron chi connectivity index (χ3n) is 3.65. The summed E-state index contributed by atoms with van der Waals surface area (Å²) in [7, 11) is 1.59. The lowest BCUT2D eigenvalue weighted by atomic mass is 10.2. The summed E-state index contributed by atoms with van der Waals surface area (Å²) in [5.41, 5.74) is 0. The van der Waals surface area contributed by atoms with Crippen LogP contribution in [0.3, 0.4) is 0 Å². The Morgan fingerprint density at radius 3 is 2.87 bits per heavy atom. The summed E-state index contributed by atoms with van der Waals surface area (Å²) < 4.78 is 11.1. The smallest absolute Gasteiger partial charge is 0.264 e. The van der Waals surface area contributed by atoms with Gasteiger partial charge in [0, 0.05) is 39.5 Å². The van der Waals surface area contributed by atoms with Crippen LogP contribution in [0.25, 0.3) is 0 Å². The maximum atomic E-state index is 12.8. The zero-order valence-electron chi connectivity index (χ0n) is 13.8. The van der Waals surface area contributed by atoms with Crippen molar-refractivity contribution in [2.75, 3.05) is 46.5 Å². The van der Waals surface area contributed by atoms with Crippen molar-refractivity contribution in [3.05, 3.63) is 24.4 Å². The van der Waals surface area contributed by atoms with E-state index in [1.807, 2.05) is 25.1 Å². The minimum Gasteiger partial charge on any atom is -0.379 e. The Kier molecular flexibility index (Phi) is 7.29. The van der Waals surface area contributed by atoms with Crippen LogP contribution in [-0.4, -0.2) is 67.2 Å². The molecule has 7 heteroatoms. The molecule has 1 atom stereocenters. The largest absolute Gasteiger partial charge is 0.379 e. The van der Waals surface area contributed by atoms with Gasteiger partial charge in [0.1, 0.15) is 0 Å². The molecule has 23 heavy (non-hydrogen) atoms. The first-order valence-electron chi connectivity index (χ1n) is 7.94. The van der Waals surface area contributed by atoms with Crippen molar-refractivity contribution >= 4 is 17.7 Å². The molecule has 1 saturated heterocycles. The van der Waals surface area contributed by atoms with E-state index in [0.29, 0.717) is 26.3 Å². The van der Waals surface area contributed by atoms with E-state index in [1.165, 1.54) is 11.8 Å². The number of hydrogen-bond donors (Lipinski definition) is 1. The Labute approximate surface area is 141 Å². The van der Waals surface area contributed by atoms with Gasteiger partial charge >= 0.3 is 0 Å². The van der Waals surface area contributed by atoms with Crippen molar-refractivity contribution in [2.45, 2.75) is 23.3 Å². The standard InChI is InChI=1S/C16H25N3O3S/c1-3-7-18-15(20)16(21-2,13-19-9-11-22-12-10-19)23-14-6-4-5-8-17-14/h4-6,8H,3,7,9-13H2,1-2H3,(H,18,20). The van der Waals surface area contributed by atoms with Gasteiger partial charge in [0.2, 0.25) is 4.93 Å². The number of ether oxygens (including phenoxy) is 2. The number of pyridine rings is 1. The number of thioether (sulfide) groups is 1. The van der Waals surface area contributed by atoms with Crippen LogP contribution in [0.2, 0.25) is 0 Å². The zero-order valence-corrected chi connectivity index (χ0v) is 14.6. The Morgan fingerprint density at radius 2 is 2.26 bits per heavy atom. The van der Waals surface area contributed by atoms with Gasteiger partial charge in [-0.1, -0.05) is 24.8 Å². The Morgan fingerprint density at radius 1 is 1.48 bits per heavy atom. The highest BCUT2D eigenvalue weighted by Gasteiger charge is 2.42. The molecule has 6 nitrogen and oxygen atoms in total. The molecule has 2 heterocycles. The topological polar surface area (TPSA) is 63.7 Å². The van der Waals surface area contributed by atoms with E-state index in [4.69, 9.17) is 9.47 Å². The molecule has 0 radical (unpaired) electrons. The Hall–Kier alpha value is -1.15. The van der Waals surface area contributed by atoms with E-state index in [1.54, 1.807) is 13.3 Å². The minimum absolute atomic E-state index is 0.107. The molecule has 0 aromatic carbocycles. The number of rotatable bonds is 8. The Bertz CT molecular complexity index is 483. The number of methoxy groups -OCH3 is 1. The van der Waals surface area contributed by atoms with Crippen molar-refractivity contribution in [3.8, 4) is 0 Å². The van der Waals surface area contributed by atoms with Crippen molar-refractivity contribution < 1.29 is 14.3 Å². The van der Waals surface area contributed by atoms with E-state index < -0.39 is 4.93 Å². The highest BCUT2D eigenvalue weighted by Crippen LogP contribution is 2.34. The number of morpholine rings is 1. The lowest BCUT2D eigenvalue weighted by Gasteiger charge is -2.36. The van der Waals surface area contributed by atoms with Gasteiger partial charge in [-0.2, -0.15) is 0 Å². The molecule has 1 N–H and O–H groups in total. The summed E-state index contributed by atoms with van der Waals surface area (Å²) in [6, 6.07) is 5.66. The van der Waals surface area contributed by atoms with Gasteiger partial charge < -0.3 is 14.8 Å². The molecule has 1 amide bonds. The van der Waals surface area contributed by atoms with Gasteiger partial charge in [-0.05, 0) is 18.6 Å². The Balaban J connectivity index is 2.17. The normalized spacial score (nSPS) is 18.3. The molecule has 0 bridgehead atoms. The number of hydrogen-bond acceptors (Lipinski definition) is 6. The molecule has 0 spiro atoms. The van der Waals surface area contributed by atoms with Gasteiger partial charge in [-0.3, -0.25) is 9.69 Å². The number of nitrogens with one attached hydrogen (secondary N) is 1. The monoisotopic (exact) mass is 339 g/mol. The molecule has 1 aromatic heterocycles. The third kappa shape index (κ3) is 5.17. The molecule has 1 fully saturated rings. The summed E-state index contributed by atoms with van der Waals surface area (Å²) in [5.74, 6) is -0.107. The first-order chi connectivity index (χ1) is 11.2. The molecule has 2 rings (SSSR count). The van der Waals surface area contributed by atoms with Crippen LogP contribution in [0, 0.1) is 0 Å². The van der Waals surface area contributed by atoms with Gasteiger partial charge in [0.05, 0.1) is 18.2 Å². The number of amides is 1. The highest BCUT2D eigenvalue weighted by molar-refractivity contribution is 8.01.